The molecular formula is C13H19NO3. The van der Waals surface area contributed by atoms with Gasteiger partial charge >= 0.3 is 0 Å². The molecule has 17 heavy (non-hydrogen) atoms. The molecule has 2 rings (SSSR count). The Labute approximate surface area is 102 Å². The highest BCUT2D eigenvalue weighted by Crippen LogP contribution is 2.31. The van der Waals surface area contributed by atoms with Crippen molar-refractivity contribution in [3.63, 3.8) is 0 Å². The van der Waals surface area contributed by atoms with Crippen LogP contribution in [0, 0.1) is 5.92 Å². The maximum atomic E-state index is 5.93. The van der Waals surface area contributed by atoms with E-state index in [-0.39, 0.29) is 0 Å². The van der Waals surface area contributed by atoms with E-state index in [9.17, 15) is 0 Å². The van der Waals surface area contributed by atoms with Crippen LogP contribution in [-0.2, 0) is 4.74 Å². The van der Waals surface area contributed by atoms with Gasteiger partial charge < -0.3 is 19.9 Å². The molecule has 0 atom stereocenters. The van der Waals surface area contributed by atoms with Crippen molar-refractivity contribution in [3.05, 3.63) is 18.2 Å². The predicted molar refractivity (Wildman–Crippen MR) is 66.4 cm³/mol. The van der Waals surface area contributed by atoms with Gasteiger partial charge in [0.25, 0.3) is 0 Å². The molecule has 4 nitrogen and oxygen atoms in total. The Kier molecular flexibility index (Phi) is 4.09. The smallest absolute Gasteiger partial charge is 0.146 e. The van der Waals surface area contributed by atoms with Crippen LogP contribution < -0.4 is 15.2 Å². The van der Waals surface area contributed by atoms with Crippen molar-refractivity contribution in [2.45, 2.75) is 12.8 Å². The maximum absolute atomic E-state index is 5.93. The molecule has 94 valence electrons. The first kappa shape index (κ1) is 12.0. The fourth-order valence-electron chi connectivity index (χ4n) is 1.95. The third-order valence-corrected chi connectivity index (χ3v) is 3.06. The van der Waals surface area contributed by atoms with Crippen LogP contribution in [0.5, 0.6) is 11.5 Å². The lowest BCUT2D eigenvalue weighted by Gasteiger charge is -2.22. The number of hydrogen-bond acceptors (Lipinski definition) is 4. The van der Waals surface area contributed by atoms with Gasteiger partial charge in [0.05, 0.1) is 13.7 Å². The van der Waals surface area contributed by atoms with Gasteiger partial charge in [0.15, 0.2) is 0 Å². The third-order valence-electron chi connectivity index (χ3n) is 3.06. The van der Waals surface area contributed by atoms with Gasteiger partial charge in [0, 0.05) is 13.2 Å². The molecule has 0 radical (unpaired) electrons. The van der Waals surface area contributed by atoms with Gasteiger partial charge in [-0.25, -0.2) is 0 Å². The second-order valence-corrected chi connectivity index (χ2v) is 4.24. The Morgan fingerprint density at radius 1 is 1.29 bits per heavy atom. The van der Waals surface area contributed by atoms with Gasteiger partial charge in [0.2, 0.25) is 0 Å². The van der Waals surface area contributed by atoms with E-state index < -0.39 is 0 Å². The number of methoxy groups -OCH3 is 1. The molecule has 0 unspecified atom stereocenters. The first-order valence-electron chi connectivity index (χ1n) is 5.94. The fourth-order valence-corrected chi connectivity index (χ4v) is 1.95. The topological polar surface area (TPSA) is 53.7 Å². The van der Waals surface area contributed by atoms with Crippen molar-refractivity contribution >= 4 is 5.69 Å². The monoisotopic (exact) mass is 237 g/mol. The number of anilines is 1. The molecule has 0 aromatic heterocycles. The predicted octanol–water partition coefficient (Wildman–Crippen LogP) is 2.08. The summed E-state index contributed by atoms with van der Waals surface area (Å²) in [7, 11) is 1.61. The molecule has 0 bridgehead atoms. The molecule has 1 fully saturated rings. The summed E-state index contributed by atoms with van der Waals surface area (Å²) in [6.07, 6.45) is 2.12. The highest BCUT2D eigenvalue weighted by molar-refractivity contribution is 5.62. The minimum absolute atomic E-state index is 0.564. The molecule has 2 N–H and O–H groups in total. The molecule has 1 saturated heterocycles. The van der Waals surface area contributed by atoms with Crippen LogP contribution in [0.3, 0.4) is 0 Å². The first-order valence-corrected chi connectivity index (χ1v) is 5.94. The van der Waals surface area contributed by atoms with E-state index in [0.717, 1.165) is 26.1 Å². The average molecular weight is 237 g/mol. The molecule has 1 aliphatic heterocycles. The maximum Gasteiger partial charge on any atom is 0.146 e. The average Bonchev–Trinajstić information content (AvgIpc) is 2.39. The van der Waals surface area contributed by atoms with E-state index in [0.29, 0.717) is 29.7 Å². The van der Waals surface area contributed by atoms with Crippen molar-refractivity contribution in [2.75, 3.05) is 32.7 Å². The van der Waals surface area contributed by atoms with E-state index in [2.05, 4.69) is 0 Å². The molecule has 1 heterocycles. The van der Waals surface area contributed by atoms with Crippen LogP contribution in [0.2, 0.25) is 0 Å². The number of para-hydroxylation sites is 1. The Hall–Kier alpha value is -1.42. The number of rotatable bonds is 4. The third kappa shape index (κ3) is 3.03. The lowest BCUT2D eigenvalue weighted by Crippen LogP contribution is -2.21. The van der Waals surface area contributed by atoms with Gasteiger partial charge in [-0.1, -0.05) is 6.07 Å². The molecule has 0 spiro atoms. The molecular weight excluding hydrogens is 218 g/mol. The zero-order chi connectivity index (χ0) is 12.1. The summed E-state index contributed by atoms with van der Waals surface area (Å²) in [4.78, 5) is 0. The number of hydrogen-bond donors (Lipinski definition) is 1. The highest BCUT2D eigenvalue weighted by atomic mass is 16.5. The summed E-state index contributed by atoms with van der Waals surface area (Å²) < 4.78 is 16.2. The number of nitrogen functional groups attached to an aromatic ring is 1. The van der Waals surface area contributed by atoms with Gasteiger partial charge in [-0.2, -0.15) is 0 Å². The van der Waals surface area contributed by atoms with E-state index >= 15 is 0 Å². The quantitative estimate of drug-likeness (QED) is 0.815. The summed E-state index contributed by atoms with van der Waals surface area (Å²) in [5.41, 5.74) is 6.51. The van der Waals surface area contributed by atoms with Gasteiger partial charge in [-0.3, -0.25) is 0 Å². The molecule has 4 heteroatoms. The highest BCUT2D eigenvalue weighted by Gasteiger charge is 2.15. The lowest BCUT2D eigenvalue weighted by molar-refractivity contribution is 0.0498. The first-order chi connectivity index (χ1) is 8.31. The SMILES string of the molecule is COc1cccc(OCC2CCOCC2)c1N. The van der Waals surface area contributed by atoms with Crippen molar-refractivity contribution in [3.8, 4) is 11.5 Å². The summed E-state index contributed by atoms with van der Waals surface area (Å²) in [5, 5.41) is 0. The van der Waals surface area contributed by atoms with Crippen molar-refractivity contribution in [1.29, 1.82) is 0 Å². The number of benzene rings is 1. The standard InChI is InChI=1S/C13H19NO3/c1-15-11-3-2-4-12(13(11)14)17-9-10-5-7-16-8-6-10/h2-4,10H,5-9,14H2,1H3. The van der Waals surface area contributed by atoms with E-state index in [1.54, 1.807) is 7.11 Å². The molecule has 1 aliphatic rings. The zero-order valence-electron chi connectivity index (χ0n) is 10.1. The molecule has 0 aliphatic carbocycles. The van der Waals surface area contributed by atoms with Crippen LogP contribution in [-0.4, -0.2) is 26.9 Å². The Balaban J connectivity index is 1.93. The summed E-state index contributed by atoms with van der Waals surface area (Å²) >= 11 is 0. The Morgan fingerprint density at radius 3 is 2.71 bits per heavy atom. The zero-order valence-corrected chi connectivity index (χ0v) is 10.1. The second-order valence-electron chi connectivity index (χ2n) is 4.24. The largest absolute Gasteiger partial charge is 0.494 e. The minimum Gasteiger partial charge on any atom is -0.494 e. The molecule has 1 aromatic rings. The van der Waals surface area contributed by atoms with Crippen LogP contribution in [0.15, 0.2) is 18.2 Å². The van der Waals surface area contributed by atoms with Crippen LogP contribution in [0.25, 0.3) is 0 Å². The molecule has 0 amide bonds. The van der Waals surface area contributed by atoms with Crippen molar-refractivity contribution < 1.29 is 14.2 Å². The van der Waals surface area contributed by atoms with Crippen LogP contribution >= 0.6 is 0 Å². The lowest BCUT2D eigenvalue weighted by atomic mass is 10.0. The van der Waals surface area contributed by atoms with Crippen molar-refractivity contribution in [2.24, 2.45) is 5.92 Å². The molecule has 1 aromatic carbocycles. The van der Waals surface area contributed by atoms with E-state index in [1.807, 2.05) is 18.2 Å². The van der Waals surface area contributed by atoms with Gasteiger partial charge in [-0.15, -0.1) is 0 Å². The van der Waals surface area contributed by atoms with Gasteiger partial charge in [0.1, 0.15) is 17.2 Å². The van der Waals surface area contributed by atoms with Crippen LogP contribution in [0.4, 0.5) is 5.69 Å². The minimum atomic E-state index is 0.564. The van der Waals surface area contributed by atoms with E-state index in [1.165, 1.54) is 0 Å². The molecule has 0 saturated carbocycles. The normalized spacial score (nSPS) is 16.8. The van der Waals surface area contributed by atoms with E-state index in [4.69, 9.17) is 19.9 Å². The summed E-state index contributed by atoms with van der Waals surface area (Å²) in [5.74, 6) is 1.93. The number of nitrogens with two attached hydrogens (primary N) is 1. The summed E-state index contributed by atoms with van der Waals surface area (Å²) in [6, 6.07) is 5.59. The van der Waals surface area contributed by atoms with Crippen LogP contribution in [0.1, 0.15) is 12.8 Å². The second kappa shape index (κ2) is 5.77. The Morgan fingerprint density at radius 2 is 2.00 bits per heavy atom. The fraction of sp³-hybridized carbons (Fsp3) is 0.538. The Bertz CT molecular complexity index is 362. The number of ether oxygens (including phenoxy) is 3. The summed E-state index contributed by atoms with van der Waals surface area (Å²) in [6.45, 7) is 2.37. The van der Waals surface area contributed by atoms with Gasteiger partial charge in [-0.05, 0) is 30.9 Å². The van der Waals surface area contributed by atoms with Crippen molar-refractivity contribution in [1.82, 2.24) is 0 Å².